The summed E-state index contributed by atoms with van der Waals surface area (Å²) in [7, 11) is 0. The second kappa shape index (κ2) is 11.3. The van der Waals surface area contributed by atoms with Crippen molar-refractivity contribution in [2.45, 2.75) is 33.5 Å². The third-order valence-electron chi connectivity index (χ3n) is 4.13. The minimum atomic E-state index is -5.02. The van der Waals surface area contributed by atoms with Crippen LogP contribution in [-0.4, -0.2) is 37.8 Å². The quantitative estimate of drug-likeness (QED) is 0.559. The summed E-state index contributed by atoms with van der Waals surface area (Å²) in [6.45, 7) is 6.30. The van der Waals surface area contributed by atoms with Crippen molar-refractivity contribution < 1.29 is 37.0 Å². The number of ether oxygens (including phenoxy) is 3. The number of hydrogen-bond acceptors (Lipinski definition) is 5. The van der Waals surface area contributed by atoms with Gasteiger partial charge in [0.05, 0.1) is 19.8 Å². The third-order valence-corrected chi connectivity index (χ3v) is 4.13. The first kappa shape index (κ1) is 24.8. The first-order valence-electron chi connectivity index (χ1n) is 10.0. The van der Waals surface area contributed by atoms with Gasteiger partial charge in [-0.1, -0.05) is 18.2 Å². The van der Waals surface area contributed by atoms with Gasteiger partial charge in [0.25, 0.3) is 5.91 Å². The zero-order valence-electron chi connectivity index (χ0n) is 18.0. The van der Waals surface area contributed by atoms with Gasteiger partial charge < -0.3 is 24.8 Å². The smallest absolute Gasteiger partial charge is 0.471 e. The van der Waals surface area contributed by atoms with E-state index in [4.69, 9.17) is 14.2 Å². The number of nitrogens with one attached hydrogen (secondary N) is 2. The zero-order chi connectivity index (χ0) is 23.7. The molecule has 0 unspecified atom stereocenters. The molecule has 0 saturated heterocycles. The minimum absolute atomic E-state index is 0.0492. The Bertz CT molecular complexity index is 920. The average molecular weight is 454 g/mol. The molecule has 0 fully saturated rings. The molecule has 2 N–H and O–H groups in total. The average Bonchev–Trinajstić information content (AvgIpc) is 2.74. The number of benzene rings is 2. The first-order chi connectivity index (χ1) is 15.2. The van der Waals surface area contributed by atoms with E-state index in [1.807, 2.05) is 5.32 Å². The maximum atomic E-state index is 12.8. The Kier molecular flexibility index (Phi) is 8.74. The fraction of sp³-hybridized carbons (Fsp3) is 0.364. The van der Waals surface area contributed by atoms with E-state index < -0.39 is 18.0 Å². The summed E-state index contributed by atoms with van der Waals surface area (Å²) in [4.78, 5) is 24.0. The molecule has 0 radical (unpaired) electrons. The molecule has 174 valence electrons. The highest BCUT2D eigenvalue weighted by molar-refractivity contribution is 5.97. The summed E-state index contributed by atoms with van der Waals surface area (Å²) in [6.07, 6.45) is -5.02. The summed E-state index contributed by atoms with van der Waals surface area (Å²) in [5, 5.41) is 4.45. The van der Waals surface area contributed by atoms with Crippen molar-refractivity contribution in [2.24, 2.45) is 0 Å². The Balaban J connectivity index is 2.24. The number of anilines is 1. The lowest BCUT2D eigenvalue weighted by molar-refractivity contribution is -0.167. The second-order valence-electron chi connectivity index (χ2n) is 6.39. The number of rotatable bonds is 10. The van der Waals surface area contributed by atoms with Gasteiger partial charge in [-0.05, 0) is 44.5 Å². The van der Waals surface area contributed by atoms with Crippen molar-refractivity contribution in [1.82, 2.24) is 5.32 Å². The van der Waals surface area contributed by atoms with E-state index in [2.05, 4.69) is 5.32 Å². The van der Waals surface area contributed by atoms with Crippen LogP contribution in [0.5, 0.6) is 17.2 Å². The molecule has 7 nitrogen and oxygen atoms in total. The van der Waals surface area contributed by atoms with Gasteiger partial charge in [-0.2, -0.15) is 13.2 Å². The predicted octanol–water partition coefficient (Wildman–Crippen LogP) is 4.31. The molecule has 2 aromatic rings. The number of alkyl halides is 3. The normalized spacial score (nSPS) is 10.9. The molecule has 0 aliphatic heterocycles. The van der Waals surface area contributed by atoms with Crippen LogP contribution in [0.25, 0.3) is 0 Å². The Morgan fingerprint density at radius 3 is 2.00 bits per heavy atom. The highest BCUT2D eigenvalue weighted by Gasteiger charge is 2.38. The van der Waals surface area contributed by atoms with Gasteiger partial charge >= 0.3 is 12.1 Å². The lowest BCUT2D eigenvalue weighted by atomic mass is 10.1. The van der Waals surface area contributed by atoms with Gasteiger partial charge in [-0.3, -0.25) is 9.59 Å². The lowest BCUT2D eigenvalue weighted by Gasteiger charge is -2.17. The summed E-state index contributed by atoms with van der Waals surface area (Å²) in [5.74, 6) is -1.54. The molecule has 0 aliphatic carbocycles. The van der Waals surface area contributed by atoms with Gasteiger partial charge in [0.2, 0.25) is 5.75 Å². The molecule has 2 rings (SSSR count). The number of hydrogen-bond donors (Lipinski definition) is 2. The zero-order valence-corrected chi connectivity index (χ0v) is 18.0. The van der Waals surface area contributed by atoms with E-state index in [1.54, 1.807) is 26.8 Å². The van der Waals surface area contributed by atoms with Gasteiger partial charge in [0.1, 0.15) is 0 Å². The highest BCUT2D eigenvalue weighted by Crippen LogP contribution is 2.39. The molecule has 0 spiro atoms. The SMILES string of the molecule is CCOc1cc(C(=O)NCc2ccccc2NC(=O)C(F)(F)F)cc(OCC)c1OCC. The molecule has 0 aliphatic rings. The molecule has 32 heavy (non-hydrogen) atoms. The minimum Gasteiger partial charge on any atom is -0.490 e. The maximum absolute atomic E-state index is 12.8. The number of carbonyl (C=O) groups excluding carboxylic acids is 2. The molecule has 0 bridgehead atoms. The molecule has 2 aromatic carbocycles. The molecule has 2 amide bonds. The van der Waals surface area contributed by atoms with E-state index in [1.165, 1.54) is 30.3 Å². The van der Waals surface area contributed by atoms with Crippen LogP contribution in [0.1, 0.15) is 36.7 Å². The van der Waals surface area contributed by atoms with Crippen LogP contribution in [0.3, 0.4) is 0 Å². The van der Waals surface area contributed by atoms with Gasteiger partial charge in [-0.25, -0.2) is 0 Å². The topological polar surface area (TPSA) is 85.9 Å². The molecule has 0 saturated carbocycles. The summed E-state index contributed by atoms with van der Waals surface area (Å²) in [6, 6.07) is 8.89. The first-order valence-corrected chi connectivity index (χ1v) is 10.0. The number of halogens is 3. The lowest BCUT2D eigenvalue weighted by Crippen LogP contribution is -2.31. The van der Waals surface area contributed by atoms with Crippen LogP contribution in [0.4, 0.5) is 18.9 Å². The number of amides is 2. The Morgan fingerprint density at radius 2 is 1.47 bits per heavy atom. The fourth-order valence-electron chi connectivity index (χ4n) is 2.79. The second-order valence-corrected chi connectivity index (χ2v) is 6.39. The Labute approximate surface area is 183 Å². The third kappa shape index (κ3) is 6.53. The van der Waals surface area contributed by atoms with Crippen LogP contribution < -0.4 is 24.8 Å². The summed E-state index contributed by atoms with van der Waals surface area (Å²) < 4.78 is 54.5. The van der Waals surface area contributed by atoms with Crippen LogP contribution in [0, 0.1) is 0 Å². The van der Waals surface area contributed by atoms with E-state index in [0.29, 0.717) is 42.6 Å². The fourth-order valence-corrected chi connectivity index (χ4v) is 2.79. The summed E-state index contributed by atoms with van der Waals surface area (Å²) >= 11 is 0. The van der Waals surface area contributed by atoms with Crippen molar-refractivity contribution in [1.29, 1.82) is 0 Å². The van der Waals surface area contributed by atoms with Crippen molar-refractivity contribution in [3.63, 3.8) is 0 Å². The van der Waals surface area contributed by atoms with Crippen molar-refractivity contribution in [3.05, 3.63) is 47.5 Å². The highest BCUT2D eigenvalue weighted by atomic mass is 19.4. The monoisotopic (exact) mass is 454 g/mol. The van der Waals surface area contributed by atoms with Crippen LogP contribution in [-0.2, 0) is 11.3 Å². The molecule has 10 heteroatoms. The molecular formula is C22H25F3N2O5. The largest absolute Gasteiger partial charge is 0.490 e. The van der Waals surface area contributed by atoms with Gasteiger partial charge in [0.15, 0.2) is 11.5 Å². The molecule has 0 atom stereocenters. The van der Waals surface area contributed by atoms with E-state index in [0.717, 1.165) is 0 Å². The van der Waals surface area contributed by atoms with Gasteiger partial charge in [0, 0.05) is 17.8 Å². The van der Waals surface area contributed by atoms with E-state index >= 15 is 0 Å². The number of carbonyl (C=O) groups is 2. The number of para-hydroxylation sites is 1. The van der Waals surface area contributed by atoms with Crippen LogP contribution in [0.15, 0.2) is 36.4 Å². The molecular weight excluding hydrogens is 429 g/mol. The van der Waals surface area contributed by atoms with Gasteiger partial charge in [-0.15, -0.1) is 0 Å². The van der Waals surface area contributed by atoms with Crippen molar-refractivity contribution >= 4 is 17.5 Å². The standard InChI is InChI=1S/C22H25F3N2O5/c1-4-30-17-11-15(12-18(31-5-2)19(17)32-6-3)20(28)26-13-14-9-7-8-10-16(14)27-21(29)22(23,24)25/h7-12H,4-6,13H2,1-3H3,(H,26,28)(H,27,29). The van der Waals surface area contributed by atoms with E-state index in [9.17, 15) is 22.8 Å². The maximum Gasteiger partial charge on any atom is 0.471 e. The molecule has 0 heterocycles. The molecule has 0 aromatic heterocycles. The summed E-state index contributed by atoms with van der Waals surface area (Å²) in [5.41, 5.74) is 0.475. The Hall–Kier alpha value is -3.43. The van der Waals surface area contributed by atoms with Crippen molar-refractivity contribution in [3.8, 4) is 17.2 Å². The Morgan fingerprint density at radius 1 is 0.906 bits per heavy atom. The van der Waals surface area contributed by atoms with E-state index in [-0.39, 0.29) is 17.8 Å². The van der Waals surface area contributed by atoms with Crippen molar-refractivity contribution in [2.75, 3.05) is 25.1 Å². The van der Waals surface area contributed by atoms with Crippen LogP contribution in [0.2, 0.25) is 0 Å². The van der Waals surface area contributed by atoms with Crippen LogP contribution >= 0.6 is 0 Å². The predicted molar refractivity (Wildman–Crippen MR) is 112 cm³/mol.